The molecule has 0 N–H and O–H groups in total. The van der Waals surface area contributed by atoms with Crippen LogP contribution in [0.25, 0.3) is 0 Å². The molecule has 0 aromatic rings. The molecule has 0 aliphatic carbocycles. The fraction of sp³-hybridized carbons (Fsp3) is 0.882. The van der Waals surface area contributed by atoms with Crippen LogP contribution in [0.4, 0.5) is 0 Å². The van der Waals surface area contributed by atoms with Crippen molar-refractivity contribution in [2.45, 2.75) is 71.6 Å². The topological polar surface area (TPSA) is 94.1 Å². The van der Waals surface area contributed by atoms with E-state index < -0.39 is 17.9 Å². The third kappa shape index (κ3) is 17.6. The van der Waals surface area contributed by atoms with Crippen LogP contribution in [0, 0.1) is 5.92 Å². The van der Waals surface area contributed by atoms with Gasteiger partial charge in [0.05, 0.1) is 25.6 Å². The molecule has 0 aromatic carbocycles. The molecule has 0 fully saturated rings. The number of esters is 2. The van der Waals surface area contributed by atoms with Crippen LogP contribution in [0.5, 0.6) is 0 Å². The number of hydrogen-bond donors (Lipinski definition) is 0. The Morgan fingerprint density at radius 1 is 0.923 bits per heavy atom. The molecule has 148 valence electrons. The van der Waals surface area contributed by atoms with E-state index in [2.05, 4.69) is 23.2 Å². The Morgan fingerprint density at radius 2 is 1.50 bits per heavy atom. The second kappa shape index (κ2) is 21.5. The second-order valence-electron chi connectivity index (χ2n) is 5.83. The third-order valence-corrected chi connectivity index (χ3v) is 4.28. The van der Waals surface area contributed by atoms with E-state index in [-0.39, 0.29) is 41.7 Å². The predicted molar refractivity (Wildman–Crippen MR) is 92.9 cm³/mol. The minimum Gasteiger partial charge on any atom is -0.691 e. The number of rotatable bonds is 17. The first kappa shape index (κ1) is 28.4. The van der Waals surface area contributed by atoms with Crippen molar-refractivity contribution in [1.82, 2.24) is 0 Å². The van der Waals surface area contributed by atoms with Crippen LogP contribution in [0.1, 0.15) is 71.6 Å². The first-order valence-corrected chi connectivity index (χ1v) is 9.97. The molecule has 0 aliphatic heterocycles. The molecule has 0 heterocycles. The van der Waals surface area contributed by atoms with E-state index in [1.807, 2.05) is 0 Å². The number of carbonyl (C=O) groups is 2. The molecule has 0 saturated carbocycles. The van der Waals surface area contributed by atoms with Gasteiger partial charge in [0, 0.05) is 17.8 Å². The van der Waals surface area contributed by atoms with Gasteiger partial charge in [-0.3, -0.25) is 14.6 Å². The van der Waals surface area contributed by atoms with E-state index in [1.165, 1.54) is 0 Å². The van der Waals surface area contributed by atoms with Crippen LogP contribution < -0.4 is 34.8 Å². The number of unbranched alkanes of at least 4 members (excludes halogenated alkanes) is 6. The van der Waals surface area contributed by atoms with E-state index in [4.69, 9.17) is 9.47 Å². The van der Waals surface area contributed by atoms with E-state index >= 15 is 0 Å². The quantitative estimate of drug-likeness (QED) is 0.0845. The van der Waals surface area contributed by atoms with Crippen molar-refractivity contribution in [3.8, 4) is 0 Å². The second-order valence-corrected chi connectivity index (χ2v) is 6.54. The van der Waals surface area contributed by atoms with Gasteiger partial charge < -0.3 is 14.7 Å². The largest absolute Gasteiger partial charge is 1.00 e. The Bertz CT molecular complexity index is 345. The molecule has 0 bridgehead atoms. The minimum atomic E-state index is -0.727. The normalized spacial score (nSPS) is 11.5. The molecule has 7 nitrogen and oxygen atoms in total. The summed E-state index contributed by atoms with van der Waals surface area (Å²) >= 11 is 0.671. The molecule has 1 atom stereocenters. The van der Waals surface area contributed by atoms with Gasteiger partial charge in [-0.1, -0.05) is 52.4 Å². The number of carbonyl (C=O) groups excluding carboxylic acids is 2. The fourth-order valence-corrected chi connectivity index (χ4v) is 2.65. The summed E-state index contributed by atoms with van der Waals surface area (Å²) in [5.41, 5.74) is 0. The van der Waals surface area contributed by atoms with Gasteiger partial charge in [0.15, 0.2) is 0 Å². The standard InChI is InChI=1S/C17H32O7S.Na/c1-3-5-7-9-11-21-16(18)13-15(14-25-24-23-20)17(19)22-12-10-8-6-4-2;/h15,20H,3-14H2,1-2H3;/q;+1/p-1. The molecule has 0 aromatic heterocycles. The molecule has 26 heavy (non-hydrogen) atoms. The molecule has 0 amide bonds. The van der Waals surface area contributed by atoms with Crippen molar-refractivity contribution < 1.29 is 63.2 Å². The zero-order chi connectivity index (χ0) is 18.8. The summed E-state index contributed by atoms with van der Waals surface area (Å²) in [6, 6.07) is 0. The zero-order valence-electron chi connectivity index (χ0n) is 16.3. The fourth-order valence-electron chi connectivity index (χ4n) is 2.13. The molecule has 0 aliphatic rings. The van der Waals surface area contributed by atoms with Crippen LogP contribution in [0.15, 0.2) is 0 Å². The molecule has 9 heteroatoms. The third-order valence-electron chi connectivity index (χ3n) is 3.59. The van der Waals surface area contributed by atoms with Crippen LogP contribution in [0.2, 0.25) is 0 Å². The van der Waals surface area contributed by atoms with Crippen molar-refractivity contribution in [2.24, 2.45) is 5.92 Å². The van der Waals surface area contributed by atoms with Gasteiger partial charge in [-0.15, -0.1) is 0 Å². The number of ether oxygens (including phenoxy) is 2. The molecular weight excluding hydrogens is 371 g/mol. The summed E-state index contributed by atoms with van der Waals surface area (Å²) < 4.78 is 14.5. The molecule has 1 unspecified atom stereocenters. The molecule has 0 rings (SSSR count). The average molecular weight is 402 g/mol. The summed E-state index contributed by atoms with van der Waals surface area (Å²) in [5.74, 6) is -1.58. The Labute approximate surface area is 183 Å². The first-order valence-electron chi connectivity index (χ1n) is 9.06. The maximum absolute atomic E-state index is 12.1. The van der Waals surface area contributed by atoms with Crippen LogP contribution >= 0.6 is 12.0 Å². The SMILES string of the molecule is CCCCCCOC(=O)CC(CSOO[O-])C(=O)OCCCCCC.[Na+]. The van der Waals surface area contributed by atoms with E-state index in [0.29, 0.717) is 25.3 Å². The van der Waals surface area contributed by atoms with Gasteiger partial charge >= 0.3 is 41.5 Å². The Balaban J connectivity index is 0. The van der Waals surface area contributed by atoms with E-state index in [1.54, 1.807) is 0 Å². The van der Waals surface area contributed by atoms with Crippen molar-refractivity contribution >= 4 is 24.0 Å². The minimum absolute atomic E-state index is 0. The van der Waals surface area contributed by atoms with Crippen molar-refractivity contribution in [1.29, 1.82) is 0 Å². The summed E-state index contributed by atoms with van der Waals surface area (Å²) in [7, 11) is 0. The van der Waals surface area contributed by atoms with Crippen LogP contribution in [-0.2, 0) is 28.4 Å². The van der Waals surface area contributed by atoms with Crippen molar-refractivity contribution in [3.05, 3.63) is 0 Å². The monoisotopic (exact) mass is 402 g/mol. The average Bonchev–Trinajstić information content (AvgIpc) is 2.60. The molecule has 0 spiro atoms. The zero-order valence-corrected chi connectivity index (χ0v) is 19.1. The van der Waals surface area contributed by atoms with Crippen molar-refractivity contribution in [2.75, 3.05) is 19.0 Å². The van der Waals surface area contributed by atoms with Gasteiger partial charge in [-0.2, -0.15) is 4.33 Å². The van der Waals surface area contributed by atoms with Gasteiger partial charge in [0.2, 0.25) is 0 Å². The summed E-state index contributed by atoms with van der Waals surface area (Å²) in [5, 5.41) is 13.1. The maximum Gasteiger partial charge on any atom is 1.00 e. The van der Waals surface area contributed by atoms with Crippen molar-refractivity contribution in [3.63, 3.8) is 0 Å². The molecule has 0 radical (unpaired) electrons. The van der Waals surface area contributed by atoms with E-state index in [0.717, 1.165) is 51.4 Å². The Hall–Kier alpha value is 0.170. The number of hydrogen-bond acceptors (Lipinski definition) is 8. The Kier molecular flexibility index (Phi) is 23.4. The summed E-state index contributed by atoms with van der Waals surface area (Å²) in [6.07, 6.45) is 7.92. The summed E-state index contributed by atoms with van der Waals surface area (Å²) in [4.78, 5) is 24.0. The van der Waals surface area contributed by atoms with Gasteiger partial charge in [0.1, 0.15) is 0 Å². The van der Waals surface area contributed by atoms with E-state index in [9.17, 15) is 14.8 Å². The summed E-state index contributed by atoms with van der Waals surface area (Å²) in [6.45, 7) is 4.89. The Morgan fingerprint density at radius 3 is 2.04 bits per heavy atom. The first-order chi connectivity index (χ1) is 12.2. The predicted octanol–water partition coefficient (Wildman–Crippen LogP) is 0.115. The van der Waals surface area contributed by atoms with Gasteiger partial charge in [-0.25, -0.2) is 0 Å². The molecule has 0 saturated heterocycles. The molecular formula is C17H31NaO7S. The van der Waals surface area contributed by atoms with Gasteiger partial charge in [0.25, 0.3) is 0 Å². The smallest absolute Gasteiger partial charge is 0.691 e. The maximum atomic E-state index is 12.1. The van der Waals surface area contributed by atoms with Crippen LogP contribution in [0.3, 0.4) is 0 Å². The van der Waals surface area contributed by atoms with Gasteiger partial charge in [-0.05, 0) is 12.8 Å². The van der Waals surface area contributed by atoms with Crippen LogP contribution in [-0.4, -0.2) is 30.9 Å².